The summed E-state index contributed by atoms with van der Waals surface area (Å²) in [7, 11) is 1.59. The van der Waals surface area contributed by atoms with Crippen LogP contribution < -0.4 is 19.5 Å². The van der Waals surface area contributed by atoms with Gasteiger partial charge in [0.05, 0.1) is 13.7 Å². The van der Waals surface area contributed by atoms with Crippen molar-refractivity contribution in [1.29, 1.82) is 0 Å². The average Bonchev–Trinajstić information content (AvgIpc) is 2.64. The standard InChI is InChI=1S/C20H25NO4/c1-4-19(25-18-7-5-6-17(14-18)23-3)20(22)21-12-13-24-16-10-8-15(2)9-11-16/h5-11,14,19H,4,12-13H2,1-3H3,(H,21,22)/t19-/m0/s1. The van der Waals surface area contributed by atoms with Gasteiger partial charge in [0.25, 0.3) is 5.91 Å². The Balaban J connectivity index is 1.78. The molecule has 2 aromatic carbocycles. The highest BCUT2D eigenvalue weighted by atomic mass is 16.5. The van der Waals surface area contributed by atoms with E-state index in [0.29, 0.717) is 31.1 Å². The number of amides is 1. The predicted molar refractivity (Wildman–Crippen MR) is 97.4 cm³/mol. The number of hydrogen-bond acceptors (Lipinski definition) is 4. The highest BCUT2D eigenvalue weighted by Gasteiger charge is 2.18. The van der Waals surface area contributed by atoms with Gasteiger partial charge in [-0.1, -0.05) is 30.7 Å². The number of carbonyl (C=O) groups excluding carboxylic acids is 1. The largest absolute Gasteiger partial charge is 0.497 e. The van der Waals surface area contributed by atoms with E-state index in [1.165, 1.54) is 5.56 Å². The molecule has 0 radical (unpaired) electrons. The summed E-state index contributed by atoms with van der Waals surface area (Å²) < 4.78 is 16.5. The summed E-state index contributed by atoms with van der Waals surface area (Å²) in [5.74, 6) is 1.94. The van der Waals surface area contributed by atoms with Crippen LogP contribution in [0.3, 0.4) is 0 Å². The van der Waals surface area contributed by atoms with Gasteiger partial charge >= 0.3 is 0 Å². The van der Waals surface area contributed by atoms with E-state index >= 15 is 0 Å². The Morgan fingerprint density at radius 2 is 1.80 bits per heavy atom. The van der Waals surface area contributed by atoms with Crippen LogP contribution in [0.25, 0.3) is 0 Å². The molecule has 134 valence electrons. The zero-order valence-corrected chi connectivity index (χ0v) is 15.0. The van der Waals surface area contributed by atoms with Crippen LogP contribution in [0.4, 0.5) is 0 Å². The number of aryl methyl sites for hydroxylation is 1. The van der Waals surface area contributed by atoms with Crippen LogP contribution in [0.2, 0.25) is 0 Å². The lowest BCUT2D eigenvalue weighted by molar-refractivity contribution is -0.128. The Kier molecular flexibility index (Phi) is 7.14. The molecule has 0 unspecified atom stereocenters. The number of methoxy groups -OCH3 is 1. The number of benzene rings is 2. The van der Waals surface area contributed by atoms with Gasteiger partial charge in [-0.05, 0) is 37.6 Å². The summed E-state index contributed by atoms with van der Waals surface area (Å²) in [4.78, 5) is 12.3. The van der Waals surface area contributed by atoms with Crippen LogP contribution in [0.15, 0.2) is 48.5 Å². The Labute approximate surface area is 148 Å². The highest BCUT2D eigenvalue weighted by molar-refractivity contribution is 5.81. The molecule has 0 bridgehead atoms. The van der Waals surface area contributed by atoms with E-state index in [1.807, 2.05) is 50.2 Å². The van der Waals surface area contributed by atoms with Crippen molar-refractivity contribution in [3.8, 4) is 17.2 Å². The molecule has 1 atom stereocenters. The topological polar surface area (TPSA) is 56.8 Å². The molecule has 25 heavy (non-hydrogen) atoms. The fourth-order valence-corrected chi connectivity index (χ4v) is 2.25. The highest BCUT2D eigenvalue weighted by Crippen LogP contribution is 2.20. The third-order valence-electron chi connectivity index (χ3n) is 3.67. The number of carbonyl (C=O) groups is 1. The van der Waals surface area contributed by atoms with Crippen LogP contribution in [-0.2, 0) is 4.79 Å². The van der Waals surface area contributed by atoms with Crippen molar-refractivity contribution in [2.45, 2.75) is 26.4 Å². The van der Waals surface area contributed by atoms with Crippen molar-refractivity contribution in [3.05, 3.63) is 54.1 Å². The zero-order valence-electron chi connectivity index (χ0n) is 15.0. The monoisotopic (exact) mass is 343 g/mol. The summed E-state index contributed by atoms with van der Waals surface area (Å²) in [6, 6.07) is 15.0. The van der Waals surface area contributed by atoms with Crippen molar-refractivity contribution in [3.63, 3.8) is 0 Å². The van der Waals surface area contributed by atoms with E-state index in [9.17, 15) is 4.79 Å². The summed E-state index contributed by atoms with van der Waals surface area (Å²) >= 11 is 0. The summed E-state index contributed by atoms with van der Waals surface area (Å²) in [6.07, 6.45) is 0.0217. The molecule has 0 aliphatic rings. The molecule has 5 heteroatoms. The van der Waals surface area contributed by atoms with Crippen LogP contribution >= 0.6 is 0 Å². The summed E-state index contributed by atoms with van der Waals surface area (Å²) in [5.41, 5.74) is 1.18. The first kappa shape index (κ1) is 18.6. The van der Waals surface area contributed by atoms with Gasteiger partial charge in [-0.2, -0.15) is 0 Å². The van der Waals surface area contributed by atoms with Crippen molar-refractivity contribution in [2.75, 3.05) is 20.3 Å². The van der Waals surface area contributed by atoms with Gasteiger partial charge in [-0.3, -0.25) is 4.79 Å². The first-order valence-electron chi connectivity index (χ1n) is 8.40. The van der Waals surface area contributed by atoms with E-state index in [1.54, 1.807) is 19.2 Å². The first-order chi connectivity index (χ1) is 12.1. The molecule has 2 rings (SSSR count). The van der Waals surface area contributed by atoms with E-state index in [0.717, 1.165) is 5.75 Å². The SMILES string of the molecule is CC[C@H](Oc1cccc(OC)c1)C(=O)NCCOc1ccc(C)cc1. The van der Waals surface area contributed by atoms with E-state index < -0.39 is 6.10 Å². The van der Waals surface area contributed by atoms with Gasteiger partial charge in [-0.15, -0.1) is 0 Å². The molecular formula is C20H25NO4. The predicted octanol–water partition coefficient (Wildman–Crippen LogP) is 3.36. The van der Waals surface area contributed by atoms with E-state index in [2.05, 4.69) is 5.32 Å². The lowest BCUT2D eigenvalue weighted by Gasteiger charge is -2.17. The van der Waals surface area contributed by atoms with Crippen LogP contribution in [0.1, 0.15) is 18.9 Å². The van der Waals surface area contributed by atoms with Gasteiger partial charge in [0.2, 0.25) is 0 Å². The summed E-state index contributed by atoms with van der Waals surface area (Å²) in [6.45, 7) is 4.76. The number of rotatable bonds is 9. The Bertz CT molecular complexity index is 670. The number of hydrogen-bond donors (Lipinski definition) is 1. The minimum absolute atomic E-state index is 0.155. The molecule has 0 heterocycles. The second-order valence-electron chi connectivity index (χ2n) is 5.65. The smallest absolute Gasteiger partial charge is 0.261 e. The maximum absolute atomic E-state index is 12.3. The zero-order chi connectivity index (χ0) is 18.1. The van der Waals surface area contributed by atoms with Gasteiger partial charge < -0.3 is 19.5 Å². The third kappa shape index (κ3) is 6.03. The fourth-order valence-electron chi connectivity index (χ4n) is 2.25. The maximum Gasteiger partial charge on any atom is 0.261 e. The molecule has 2 aromatic rings. The quantitative estimate of drug-likeness (QED) is 0.710. The minimum Gasteiger partial charge on any atom is -0.497 e. The van der Waals surface area contributed by atoms with Crippen molar-refractivity contribution in [2.24, 2.45) is 0 Å². The van der Waals surface area contributed by atoms with Crippen LogP contribution in [-0.4, -0.2) is 32.3 Å². The normalized spacial score (nSPS) is 11.5. The van der Waals surface area contributed by atoms with Gasteiger partial charge in [0.1, 0.15) is 23.9 Å². The molecule has 0 aliphatic carbocycles. The van der Waals surface area contributed by atoms with Gasteiger partial charge in [-0.25, -0.2) is 0 Å². The third-order valence-corrected chi connectivity index (χ3v) is 3.67. The molecule has 0 aromatic heterocycles. The van der Waals surface area contributed by atoms with Crippen molar-refractivity contribution in [1.82, 2.24) is 5.32 Å². The molecule has 0 aliphatic heterocycles. The molecule has 1 N–H and O–H groups in total. The van der Waals surface area contributed by atoms with Crippen LogP contribution in [0, 0.1) is 6.92 Å². The van der Waals surface area contributed by atoms with E-state index in [-0.39, 0.29) is 5.91 Å². The molecule has 0 saturated carbocycles. The Morgan fingerprint density at radius 3 is 2.48 bits per heavy atom. The molecule has 1 amide bonds. The van der Waals surface area contributed by atoms with Crippen LogP contribution in [0.5, 0.6) is 17.2 Å². The second-order valence-corrected chi connectivity index (χ2v) is 5.65. The van der Waals surface area contributed by atoms with E-state index in [4.69, 9.17) is 14.2 Å². The lowest BCUT2D eigenvalue weighted by Crippen LogP contribution is -2.39. The molecular weight excluding hydrogens is 318 g/mol. The molecule has 5 nitrogen and oxygen atoms in total. The average molecular weight is 343 g/mol. The molecule has 0 spiro atoms. The second kappa shape index (κ2) is 9.57. The fraction of sp³-hybridized carbons (Fsp3) is 0.350. The Hall–Kier alpha value is -2.69. The maximum atomic E-state index is 12.3. The molecule has 0 fully saturated rings. The van der Waals surface area contributed by atoms with Gasteiger partial charge in [0, 0.05) is 6.07 Å². The first-order valence-corrected chi connectivity index (χ1v) is 8.40. The Morgan fingerprint density at radius 1 is 1.08 bits per heavy atom. The number of ether oxygens (including phenoxy) is 3. The number of nitrogens with one attached hydrogen (secondary N) is 1. The minimum atomic E-state index is -0.550. The molecule has 0 saturated heterocycles. The van der Waals surface area contributed by atoms with Crippen molar-refractivity contribution < 1.29 is 19.0 Å². The van der Waals surface area contributed by atoms with Crippen molar-refractivity contribution >= 4 is 5.91 Å². The summed E-state index contributed by atoms with van der Waals surface area (Å²) in [5, 5.41) is 2.84. The lowest BCUT2D eigenvalue weighted by atomic mass is 10.2. The van der Waals surface area contributed by atoms with Gasteiger partial charge in [0.15, 0.2) is 6.10 Å².